The third-order valence-corrected chi connectivity index (χ3v) is 12.4. The molecule has 3 aliphatic rings. The van der Waals surface area contributed by atoms with E-state index in [1.807, 2.05) is 25.9 Å². The zero-order chi connectivity index (χ0) is 42.0. The van der Waals surface area contributed by atoms with Crippen LogP contribution in [-0.2, 0) is 47.5 Å². The van der Waals surface area contributed by atoms with E-state index >= 15 is 0 Å². The van der Waals surface area contributed by atoms with Gasteiger partial charge in [-0.05, 0) is 74.9 Å². The number of ether oxygens (including phenoxy) is 7. The molecule has 0 spiro atoms. The topological polar surface area (TPSA) is 200 Å². The highest BCUT2D eigenvalue weighted by atomic mass is 16.7. The van der Waals surface area contributed by atoms with Gasteiger partial charge in [0.05, 0.1) is 53.7 Å². The Morgan fingerprint density at radius 1 is 0.891 bits per heavy atom. The van der Waals surface area contributed by atoms with E-state index in [1.54, 1.807) is 48.5 Å². The molecule has 0 amide bonds. The lowest BCUT2D eigenvalue weighted by molar-refractivity contribution is -0.319. The smallest absolute Gasteiger partial charge is 0.311 e. The SMILES string of the molecule is CCC(=O)O[C@H]1[C@H](O[C@@H]2[C@H](C)[C@H](O[C@H]3C[C@@](C)(OC)[C@@H](O)[C@H](C)O3)[C@@H](C)C(=O)O[C@H](CC)[C@@](C)(O)[C@@H](O)[C@@H](C)C(=O)[C@H](C)C[C@@]2(C)O)O[C@H](C)C[C@@H]1N(C)C. The van der Waals surface area contributed by atoms with Gasteiger partial charge in [0.2, 0.25) is 0 Å². The predicted octanol–water partition coefficient (Wildman–Crippen LogP) is 2.75. The van der Waals surface area contributed by atoms with Crippen molar-refractivity contribution < 1.29 is 68.0 Å². The molecule has 15 heteroatoms. The van der Waals surface area contributed by atoms with Crippen molar-refractivity contribution in [3.8, 4) is 0 Å². The van der Waals surface area contributed by atoms with Crippen molar-refractivity contribution in [3.05, 3.63) is 0 Å². The molecule has 3 rings (SSSR count). The van der Waals surface area contributed by atoms with Gasteiger partial charge in [-0.1, -0.05) is 34.6 Å². The summed E-state index contributed by atoms with van der Waals surface area (Å²) in [6.45, 7) is 18.0. The first-order chi connectivity index (χ1) is 25.4. The maximum atomic E-state index is 14.2. The molecule has 4 N–H and O–H groups in total. The Bertz CT molecular complexity index is 1290. The number of nitrogens with zero attached hydrogens (tertiary/aromatic N) is 1. The molecule has 3 saturated heterocycles. The highest BCUT2D eigenvalue weighted by molar-refractivity contribution is 5.83. The molecular weight excluding hydrogens is 718 g/mol. The molecule has 0 saturated carbocycles. The van der Waals surface area contributed by atoms with Gasteiger partial charge in [-0.15, -0.1) is 0 Å². The number of methoxy groups -OCH3 is 1. The summed E-state index contributed by atoms with van der Waals surface area (Å²) in [6, 6.07) is -0.319. The fourth-order valence-corrected chi connectivity index (χ4v) is 8.76. The average Bonchev–Trinajstić information content (AvgIpc) is 3.11. The van der Waals surface area contributed by atoms with E-state index < -0.39 is 114 Å². The lowest BCUT2D eigenvalue weighted by Crippen LogP contribution is -2.61. The number of aliphatic hydroxyl groups is 4. The molecule has 0 aliphatic carbocycles. The van der Waals surface area contributed by atoms with Gasteiger partial charge in [0, 0.05) is 37.7 Å². The van der Waals surface area contributed by atoms with Gasteiger partial charge in [0.1, 0.15) is 23.6 Å². The number of aliphatic hydroxyl groups excluding tert-OH is 2. The minimum atomic E-state index is -2.01. The van der Waals surface area contributed by atoms with Gasteiger partial charge in [-0.3, -0.25) is 14.4 Å². The molecule has 0 aromatic rings. The molecule has 3 aliphatic heterocycles. The number of carbonyl (C=O) groups excluding carboxylic acids is 3. The van der Waals surface area contributed by atoms with Crippen LogP contribution in [0.15, 0.2) is 0 Å². The molecule has 55 heavy (non-hydrogen) atoms. The zero-order valence-corrected chi connectivity index (χ0v) is 35.5. The Hall–Kier alpha value is -1.79. The van der Waals surface area contributed by atoms with Crippen LogP contribution in [0, 0.1) is 23.7 Å². The summed E-state index contributed by atoms with van der Waals surface area (Å²) >= 11 is 0. The Labute approximate surface area is 327 Å². The molecule has 18 atom stereocenters. The normalized spacial score (nSPS) is 46.9. The number of carbonyl (C=O) groups is 3. The van der Waals surface area contributed by atoms with Crippen molar-refractivity contribution in [1.29, 1.82) is 0 Å². The van der Waals surface area contributed by atoms with Gasteiger partial charge >= 0.3 is 11.9 Å². The van der Waals surface area contributed by atoms with Crippen LogP contribution in [0.25, 0.3) is 0 Å². The third-order valence-electron chi connectivity index (χ3n) is 12.4. The van der Waals surface area contributed by atoms with E-state index in [9.17, 15) is 34.8 Å². The van der Waals surface area contributed by atoms with Crippen LogP contribution in [0.5, 0.6) is 0 Å². The number of ketones is 1. The Balaban J connectivity index is 2.24. The maximum Gasteiger partial charge on any atom is 0.311 e. The van der Waals surface area contributed by atoms with Crippen molar-refractivity contribution in [3.63, 3.8) is 0 Å². The van der Waals surface area contributed by atoms with E-state index in [-0.39, 0.29) is 37.8 Å². The van der Waals surface area contributed by atoms with Crippen molar-refractivity contribution in [2.45, 2.75) is 193 Å². The van der Waals surface area contributed by atoms with Crippen LogP contribution in [-0.4, -0.2) is 149 Å². The molecule has 15 nitrogen and oxygen atoms in total. The van der Waals surface area contributed by atoms with Crippen LogP contribution >= 0.6 is 0 Å². The summed E-state index contributed by atoms with van der Waals surface area (Å²) in [5.74, 6) is -5.59. The van der Waals surface area contributed by atoms with Crippen LogP contribution in [0.3, 0.4) is 0 Å². The first kappa shape index (κ1) is 47.6. The average molecular weight is 790 g/mol. The van der Waals surface area contributed by atoms with Gasteiger partial charge in [0.25, 0.3) is 0 Å². The minimum absolute atomic E-state index is 0.0760. The van der Waals surface area contributed by atoms with Gasteiger partial charge < -0.3 is 58.5 Å². The minimum Gasteiger partial charge on any atom is -0.459 e. The molecule has 3 heterocycles. The van der Waals surface area contributed by atoms with Gasteiger partial charge in [-0.2, -0.15) is 0 Å². The van der Waals surface area contributed by atoms with Crippen LogP contribution in [0.2, 0.25) is 0 Å². The summed E-state index contributed by atoms with van der Waals surface area (Å²) in [6.07, 6.45) is -9.68. The fraction of sp³-hybridized carbons (Fsp3) is 0.925. The third kappa shape index (κ3) is 10.6. The maximum absolute atomic E-state index is 14.2. The predicted molar refractivity (Wildman–Crippen MR) is 200 cm³/mol. The summed E-state index contributed by atoms with van der Waals surface area (Å²) in [5.41, 5.74) is -4.92. The molecular formula is C40H71NO14. The molecule has 0 unspecified atom stereocenters. The number of esters is 2. The van der Waals surface area contributed by atoms with Crippen LogP contribution < -0.4 is 0 Å². The number of hydrogen-bond donors (Lipinski definition) is 4. The molecule has 320 valence electrons. The Kier molecular flexibility index (Phi) is 16.3. The standard InChI is InChI=1S/C40H71NO14/c1-15-27-40(11,48)33(44)22(5)30(43)20(3)18-38(9,47)35(55-37-32(53-28(42)16-2)26(41(12)13)17-21(4)50-37)23(6)31(24(7)36(46)52-27)54-29-19-39(10,49-14)34(45)25(8)51-29/h20-27,29,31-35,37,44-45,47-48H,15-19H2,1-14H3/t20-,21-,22+,23-,24-,25+,26+,27-,29+,31+,32-,33+,34+,35-,37+,38-,39-,40-/m1/s1. The fourth-order valence-electron chi connectivity index (χ4n) is 8.76. The highest BCUT2D eigenvalue weighted by Gasteiger charge is 2.54. The Morgan fingerprint density at radius 2 is 1.51 bits per heavy atom. The molecule has 0 radical (unpaired) electrons. The lowest BCUT2D eigenvalue weighted by atomic mass is 9.74. The largest absolute Gasteiger partial charge is 0.459 e. The monoisotopic (exact) mass is 789 g/mol. The number of cyclic esters (lactones) is 1. The van der Waals surface area contributed by atoms with Crippen molar-refractivity contribution in [2.75, 3.05) is 21.2 Å². The first-order valence-electron chi connectivity index (χ1n) is 19.9. The molecule has 0 aromatic heterocycles. The second kappa shape index (κ2) is 18.9. The number of hydrogen-bond acceptors (Lipinski definition) is 15. The molecule has 0 bridgehead atoms. The quantitative estimate of drug-likeness (QED) is 0.249. The first-order valence-corrected chi connectivity index (χ1v) is 19.9. The van der Waals surface area contributed by atoms with E-state index in [1.165, 1.54) is 27.9 Å². The Morgan fingerprint density at radius 3 is 2.05 bits per heavy atom. The highest BCUT2D eigenvalue weighted by Crippen LogP contribution is 2.41. The zero-order valence-electron chi connectivity index (χ0n) is 35.5. The van der Waals surface area contributed by atoms with Crippen molar-refractivity contribution in [2.24, 2.45) is 23.7 Å². The summed E-state index contributed by atoms with van der Waals surface area (Å²) < 4.78 is 43.6. The van der Waals surface area contributed by atoms with Crippen molar-refractivity contribution >= 4 is 17.7 Å². The van der Waals surface area contributed by atoms with E-state index in [0.717, 1.165) is 0 Å². The van der Waals surface area contributed by atoms with Crippen LogP contribution in [0.1, 0.15) is 108 Å². The van der Waals surface area contributed by atoms with Gasteiger partial charge in [-0.25, -0.2) is 0 Å². The van der Waals surface area contributed by atoms with Gasteiger partial charge in [0.15, 0.2) is 18.7 Å². The number of Topliss-reactive ketones (excluding diaryl/α,β-unsaturated/α-hetero) is 1. The van der Waals surface area contributed by atoms with E-state index in [2.05, 4.69) is 0 Å². The summed E-state index contributed by atoms with van der Waals surface area (Å²) in [5, 5.41) is 46.6. The number of rotatable bonds is 9. The molecule has 0 aromatic carbocycles. The summed E-state index contributed by atoms with van der Waals surface area (Å²) in [4.78, 5) is 42.9. The van der Waals surface area contributed by atoms with E-state index in [0.29, 0.717) is 6.42 Å². The van der Waals surface area contributed by atoms with E-state index in [4.69, 9.17) is 33.2 Å². The van der Waals surface area contributed by atoms with Crippen LogP contribution in [0.4, 0.5) is 0 Å². The molecule has 3 fully saturated rings. The lowest BCUT2D eigenvalue weighted by Gasteiger charge is -2.49. The number of likely N-dealkylation sites (N-methyl/N-ethyl adjacent to an activating group) is 1. The second-order valence-electron chi connectivity index (χ2n) is 17.3. The summed E-state index contributed by atoms with van der Waals surface area (Å²) in [7, 11) is 5.21. The van der Waals surface area contributed by atoms with Crippen molar-refractivity contribution in [1.82, 2.24) is 4.90 Å². The second-order valence-corrected chi connectivity index (χ2v) is 17.3.